The highest BCUT2D eigenvalue weighted by Gasteiger charge is 2.34. The molecule has 0 saturated carbocycles. The molecular formula is C26H33F3N6O2. The summed E-state index contributed by atoms with van der Waals surface area (Å²) in [4.78, 5) is 21.0. The summed E-state index contributed by atoms with van der Waals surface area (Å²) in [5.41, 5.74) is 13.8. The summed E-state index contributed by atoms with van der Waals surface area (Å²) in [7, 11) is 0. The topological polar surface area (TPSA) is 110 Å². The lowest BCUT2D eigenvalue weighted by molar-refractivity contribution is -0.150. The third-order valence-corrected chi connectivity index (χ3v) is 7.00. The van der Waals surface area contributed by atoms with Gasteiger partial charge in [0.1, 0.15) is 5.82 Å². The highest BCUT2D eigenvalue weighted by Crippen LogP contribution is 2.34. The van der Waals surface area contributed by atoms with Gasteiger partial charge in [-0.05, 0) is 44.0 Å². The van der Waals surface area contributed by atoms with Gasteiger partial charge in [-0.1, -0.05) is 12.1 Å². The Morgan fingerprint density at radius 3 is 2.43 bits per heavy atom. The predicted octanol–water partition coefficient (Wildman–Crippen LogP) is 1.17. The van der Waals surface area contributed by atoms with E-state index in [2.05, 4.69) is 15.2 Å². The number of carbonyl (C=O) groups excluding carboxylic acids is 1. The molecule has 0 unspecified atom stereocenters. The summed E-state index contributed by atoms with van der Waals surface area (Å²) in [5, 5.41) is 4.21. The monoisotopic (exact) mass is 518 g/mol. The third-order valence-electron chi connectivity index (χ3n) is 7.00. The number of pyridine rings is 1. The van der Waals surface area contributed by atoms with Crippen molar-refractivity contribution in [3.63, 3.8) is 0 Å². The summed E-state index contributed by atoms with van der Waals surface area (Å²) in [6.45, 7) is 8.38. The molecule has 8 nitrogen and oxygen atoms in total. The second-order valence-electron chi connectivity index (χ2n) is 9.62. The molecule has 0 radical (unpaired) electrons. The fraction of sp³-hybridized carbons (Fsp3) is 0.462. The van der Waals surface area contributed by atoms with Crippen molar-refractivity contribution < 1.29 is 22.7 Å². The zero-order valence-corrected chi connectivity index (χ0v) is 21.2. The Labute approximate surface area is 213 Å². The van der Waals surface area contributed by atoms with E-state index in [0.717, 1.165) is 11.8 Å². The number of nitrogens with one attached hydrogen (secondary N) is 1. The number of anilines is 1. The lowest BCUT2D eigenvalue weighted by atomic mass is 9.97. The first-order valence-corrected chi connectivity index (χ1v) is 12.2. The van der Waals surface area contributed by atoms with E-state index in [1.165, 1.54) is 13.0 Å². The molecular weight excluding hydrogens is 485 g/mol. The van der Waals surface area contributed by atoms with E-state index in [1.807, 2.05) is 11.0 Å². The van der Waals surface area contributed by atoms with E-state index in [4.69, 9.17) is 16.2 Å². The molecule has 2 aliphatic rings. The summed E-state index contributed by atoms with van der Waals surface area (Å²) < 4.78 is 45.4. The molecule has 1 atom stereocenters. The molecule has 2 saturated heterocycles. The first-order chi connectivity index (χ1) is 17.5. The van der Waals surface area contributed by atoms with E-state index >= 15 is 0 Å². The lowest BCUT2D eigenvalue weighted by Gasteiger charge is -2.39. The van der Waals surface area contributed by atoms with Crippen LogP contribution in [0.25, 0.3) is 11.5 Å². The Bertz CT molecular complexity index is 1280. The molecule has 4 rings (SSSR count). The van der Waals surface area contributed by atoms with E-state index in [9.17, 15) is 18.0 Å². The van der Waals surface area contributed by atoms with E-state index in [1.54, 1.807) is 26.1 Å². The van der Waals surface area contributed by atoms with Crippen LogP contribution < -0.4 is 32.3 Å². The highest BCUT2D eigenvalue weighted by atomic mass is 19.4. The van der Waals surface area contributed by atoms with Crippen molar-refractivity contribution in [2.24, 2.45) is 17.4 Å². The molecule has 200 valence electrons. The molecule has 2 aliphatic heterocycles. The molecule has 11 heteroatoms. The number of nitrogens with zero attached hydrogens (tertiary/aromatic N) is 3. The van der Waals surface area contributed by atoms with Crippen LogP contribution in [0.15, 0.2) is 30.5 Å². The average molecular weight is 519 g/mol. The number of hydrogen-bond acceptors (Lipinski definition) is 7. The molecule has 0 bridgehead atoms. The Balaban J connectivity index is 1.59. The van der Waals surface area contributed by atoms with Crippen molar-refractivity contribution >= 4 is 23.1 Å². The van der Waals surface area contributed by atoms with Gasteiger partial charge in [0, 0.05) is 37.1 Å². The smallest absolute Gasteiger partial charge is 0.401 e. The SMILES string of the molecule is C/C(N)=c1\ncc(N2CCN(C(=O)C3COC3)CC2)c\c1=C(\N)N[C@H](C)c1cccc(C(F)(F)F)c1C. The average Bonchev–Trinajstić information content (AvgIpc) is 2.81. The van der Waals surface area contributed by atoms with Gasteiger partial charge in [-0.15, -0.1) is 0 Å². The Kier molecular flexibility index (Phi) is 7.54. The molecule has 37 heavy (non-hydrogen) atoms. The normalized spacial score (nSPS) is 19.2. The lowest BCUT2D eigenvalue weighted by Crippen LogP contribution is -2.53. The number of halogens is 3. The predicted molar refractivity (Wildman–Crippen MR) is 135 cm³/mol. The number of nitrogens with two attached hydrogens (primary N) is 2. The number of ether oxygens (including phenoxy) is 1. The van der Waals surface area contributed by atoms with Crippen LogP contribution in [-0.2, 0) is 15.7 Å². The number of aromatic nitrogens is 1. The third kappa shape index (κ3) is 5.61. The number of carbonyl (C=O) groups is 1. The van der Waals surface area contributed by atoms with Crippen LogP contribution >= 0.6 is 0 Å². The zero-order chi connectivity index (χ0) is 26.9. The van der Waals surface area contributed by atoms with E-state index in [0.29, 0.717) is 61.2 Å². The second kappa shape index (κ2) is 10.5. The molecule has 3 heterocycles. The summed E-state index contributed by atoms with van der Waals surface area (Å²) in [5.74, 6) is 0.358. The minimum Gasteiger partial charge on any atom is -0.401 e. The van der Waals surface area contributed by atoms with Gasteiger partial charge >= 0.3 is 6.18 Å². The van der Waals surface area contributed by atoms with Gasteiger partial charge in [-0.25, -0.2) is 0 Å². The van der Waals surface area contributed by atoms with Crippen molar-refractivity contribution in [3.05, 3.63) is 57.7 Å². The van der Waals surface area contributed by atoms with Crippen LogP contribution in [0.3, 0.4) is 0 Å². The van der Waals surface area contributed by atoms with Crippen molar-refractivity contribution in [2.75, 3.05) is 44.3 Å². The van der Waals surface area contributed by atoms with Crippen LogP contribution in [0.5, 0.6) is 0 Å². The Morgan fingerprint density at radius 1 is 1.19 bits per heavy atom. The molecule has 0 spiro atoms. The van der Waals surface area contributed by atoms with E-state index < -0.39 is 17.8 Å². The van der Waals surface area contributed by atoms with Crippen molar-refractivity contribution in [3.8, 4) is 0 Å². The quantitative estimate of drug-likeness (QED) is 0.545. The zero-order valence-electron chi connectivity index (χ0n) is 21.2. The number of alkyl halides is 3. The van der Waals surface area contributed by atoms with Crippen LogP contribution in [0.2, 0.25) is 0 Å². The van der Waals surface area contributed by atoms with Crippen molar-refractivity contribution in [1.82, 2.24) is 15.2 Å². The largest absolute Gasteiger partial charge is 0.416 e. The van der Waals surface area contributed by atoms with Gasteiger partial charge in [-0.3, -0.25) is 9.78 Å². The number of piperazine rings is 1. The van der Waals surface area contributed by atoms with Gasteiger partial charge in [0.25, 0.3) is 0 Å². The molecule has 0 aliphatic carbocycles. The molecule has 1 aromatic carbocycles. The minimum absolute atomic E-state index is 0.0369. The van der Waals surface area contributed by atoms with Crippen LogP contribution in [0.4, 0.5) is 18.9 Å². The molecule has 1 amide bonds. The number of benzene rings is 1. The molecule has 2 aromatic rings. The minimum atomic E-state index is -4.44. The molecule has 5 N–H and O–H groups in total. The number of hydrogen-bond donors (Lipinski definition) is 3. The van der Waals surface area contributed by atoms with Gasteiger partial charge < -0.3 is 31.3 Å². The van der Waals surface area contributed by atoms with Crippen molar-refractivity contribution in [1.29, 1.82) is 0 Å². The highest BCUT2D eigenvalue weighted by molar-refractivity contribution is 5.80. The van der Waals surface area contributed by atoms with Crippen molar-refractivity contribution in [2.45, 2.75) is 33.0 Å². The summed E-state index contributed by atoms with van der Waals surface area (Å²) >= 11 is 0. The first-order valence-electron chi connectivity index (χ1n) is 12.2. The maximum Gasteiger partial charge on any atom is 0.416 e. The standard InChI is InChI=1S/C26H33F3N6O2/c1-15-20(5-4-6-22(15)26(27,28)29)17(3)33-24(31)21-11-19(12-32-23(21)16(2)30)34-7-9-35(10-8-34)25(36)18-13-37-14-18/h4-6,11-12,17-18,33H,7-10,13-14,30-31H2,1-3H3/b23-16+,24-21+/t17-/m1/s1. The maximum absolute atomic E-state index is 13.4. The number of amides is 1. The first kappa shape index (κ1) is 26.6. The fourth-order valence-corrected chi connectivity index (χ4v) is 4.79. The second-order valence-corrected chi connectivity index (χ2v) is 9.62. The van der Waals surface area contributed by atoms with Crippen LogP contribution in [-0.4, -0.2) is 55.2 Å². The van der Waals surface area contributed by atoms with Gasteiger partial charge in [0.05, 0.1) is 48.0 Å². The van der Waals surface area contributed by atoms with Gasteiger partial charge in [0.2, 0.25) is 5.91 Å². The van der Waals surface area contributed by atoms with Crippen LogP contribution in [0, 0.1) is 12.8 Å². The Hall–Kier alpha value is -3.47. The summed E-state index contributed by atoms with van der Waals surface area (Å²) in [6, 6.07) is 5.51. The van der Waals surface area contributed by atoms with Gasteiger partial charge in [-0.2, -0.15) is 13.2 Å². The number of rotatable bonds is 5. The Morgan fingerprint density at radius 2 is 1.86 bits per heavy atom. The van der Waals surface area contributed by atoms with Crippen LogP contribution in [0.1, 0.15) is 36.6 Å². The fourth-order valence-electron chi connectivity index (χ4n) is 4.79. The molecule has 2 fully saturated rings. The van der Waals surface area contributed by atoms with E-state index in [-0.39, 0.29) is 23.2 Å². The maximum atomic E-state index is 13.4. The molecule has 1 aromatic heterocycles. The van der Waals surface area contributed by atoms with Gasteiger partial charge in [0.15, 0.2) is 0 Å². The summed E-state index contributed by atoms with van der Waals surface area (Å²) in [6.07, 6.45) is -2.72.